The molecule has 2 aliphatic rings. The van der Waals surface area contributed by atoms with Gasteiger partial charge in [-0.25, -0.2) is 13.6 Å². The van der Waals surface area contributed by atoms with E-state index in [-0.39, 0.29) is 18.6 Å². The summed E-state index contributed by atoms with van der Waals surface area (Å²) in [7, 11) is 0. The van der Waals surface area contributed by atoms with Gasteiger partial charge in [0.25, 0.3) is 5.91 Å². The predicted octanol–water partition coefficient (Wildman–Crippen LogP) is 4.59. The zero-order valence-corrected chi connectivity index (χ0v) is 18.4. The number of imide groups is 1. The van der Waals surface area contributed by atoms with E-state index in [1.807, 2.05) is 13.0 Å². The molecule has 1 spiro atoms. The molecule has 4 rings (SSSR count). The van der Waals surface area contributed by atoms with Gasteiger partial charge in [-0.15, -0.1) is 11.3 Å². The van der Waals surface area contributed by atoms with Crippen LogP contribution in [-0.2, 0) is 4.79 Å². The summed E-state index contributed by atoms with van der Waals surface area (Å²) in [5, 5.41) is 11.7. The Morgan fingerprint density at radius 1 is 1.22 bits per heavy atom. The normalized spacial score (nSPS) is 19.2. The lowest BCUT2D eigenvalue weighted by atomic mass is 9.80. The second kappa shape index (κ2) is 7.78. The molecule has 1 N–H and O–H groups in total. The van der Waals surface area contributed by atoms with Crippen molar-refractivity contribution in [2.24, 2.45) is 0 Å². The maximum Gasteiger partial charge on any atom is 0.325 e. The number of aryl methyl sites for hydroxylation is 1. The van der Waals surface area contributed by atoms with Gasteiger partial charge in [0.15, 0.2) is 5.78 Å². The number of amides is 3. The average Bonchev–Trinajstić information content (AvgIpc) is 3.18. The van der Waals surface area contributed by atoms with Crippen LogP contribution >= 0.6 is 11.3 Å². The second-order valence-corrected chi connectivity index (χ2v) is 9.59. The Morgan fingerprint density at radius 3 is 2.56 bits per heavy atom. The van der Waals surface area contributed by atoms with Crippen LogP contribution in [0.5, 0.6) is 0 Å². The van der Waals surface area contributed by atoms with E-state index in [0.29, 0.717) is 16.0 Å². The monoisotopic (exact) mass is 457 g/mol. The van der Waals surface area contributed by atoms with Crippen molar-refractivity contribution in [2.75, 3.05) is 6.54 Å². The first-order valence-electron chi connectivity index (χ1n) is 10.2. The number of Topliss-reactive ketones (excluding diaryl/α,β-unsaturated/α-hetero) is 1. The molecule has 3 amide bonds. The molecule has 1 aliphatic heterocycles. The van der Waals surface area contributed by atoms with Gasteiger partial charge < -0.3 is 5.32 Å². The predicted molar refractivity (Wildman–Crippen MR) is 115 cm³/mol. The van der Waals surface area contributed by atoms with E-state index >= 15 is 0 Å². The molecule has 2 aromatic rings. The third kappa shape index (κ3) is 3.69. The molecule has 1 saturated carbocycles. The molecule has 166 valence electrons. The van der Waals surface area contributed by atoms with Gasteiger partial charge in [0, 0.05) is 17.7 Å². The largest absolute Gasteiger partial charge is 0.325 e. The van der Waals surface area contributed by atoms with Gasteiger partial charge in [0.1, 0.15) is 5.54 Å². The number of hydrogen-bond acceptors (Lipinski definition) is 5. The van der Waals surface area contributed by atoms with Crippen LogP contribution in [0.4, 0.5) is 13.6 Å². The quantitative estimate of drug-likeness (QED) is 0.537. The van der Waals surface area contributed by atoms with Crippen LogP contribution < -0.4 is 5.32 Å². The molecular formula is C23H21F2N3O3S. The highest BCUT2D eigenvalue weighted by atomic mass is 32.1. The zero-order chi connectivity index (χ0) is 23.3. The van der Waals surface area contributed by atoms with Gasteiger partial charge in [-0.3, -0.25) is 14.5 Å². The molecule has 2 heterocycles. The molecule has 9 heteroatoms. The number of alkyl halides is 2. The van der Waals surface area contributed by atoms with Crippen LogP contribution in [-0.4, -0.2) is 40.6 Å². The maximum absolute atomic E-state index is 13.6. The van der Waals surface area contributed by atoms with Crippen molar-refractivity contribution in [1.82, 2.24) is 10.2 Å². The maximum atomic E-state index is 13.6. The molecule has 1 aromatic heterocycles. The molecular weight excluding hydrogens is 436 g/mol. The number of carbonyl (C=O) groups excluding carboxylic acids is 3. The standard InChI is InChI=1S/C23H21F2N3O3S/c1-13-18(16-5-3-4-15(10-16)11-26)14(2)32-19(13)17(29)12-28-20(30)22(27-21(28)31)6-8-23(24,25)9-7-22/h3-5,10H,6-9,12H2,1-2H3,(H,27,31). The number of nitriles is 1. The van der Waals surface area contributed by atoms with E-state index in [1.165, 1.54) is 11.3 Å². The first-order chi connectivity index (χ1) is 15.1. The number of urea groups is 1. The number of ketones is 1. The molecule has 1 aromatic carbocycles. The Labute approximate surface area is 187 Å². The van der Waals surface area contributed by atoms with Gasteiger partial charge in [-0.05, 0) is 55.5 Å². The minimum atomic E-state index is -2.84. The van der Waals surface area contributed by atoms with E-state index in [9.17, 15) is 23.2 Å². The Bertz CT molecular complexity index is 1170. The van der Waals surface area contributed by atoms with E-state index in [1.54, 1.807) is 25.1 Å². The smallest absolute Gasteiger partial charge is 0.323 e. The van der Waals surface area contributed by atoms with Crippen molar-refractivity contribution in [2.45, 2.75) is 51.0 Å². The van der Waals surface area contributed by atoms with Crippen molar-refractivity contribution >= 4 is 29.1 Å². The van der Waals surface area contributed by atoms with Crippen molar-refractivity contribution < 1.29 is 23.2 Å². The minimum Gasteiger partial charge on any atom is -0.323 e. The fourth-order valence-corrected chi connectivity index (χ4v) is 5.62. The Balaban J connectivity index is 1.57. The summed E-state index contributed by atoms with van der Waals surface area (Å²) < 4.78 is 27.1. The highest BCUT2D eigenvalue weighted by Crippen LogP contribution is 2.42. The van der Waals surface area contributed by atoms with E-state index < -0.39 is 42.8 Å². The minimum absolute atomic E-state index is 0.147. The molecule has 0 atom stereocenters. The van der Waals surface area contributed by atoms with Gasteiger partial charge in [0.2, 0.25) is 5.92 Å². The van der Waals surface area contributed by atoms with Crippen molar-refractivity contribution in [1.29, 1.82) is 5.26 Å². The number of benzene rings is 1. The van der Waals surface area contributed by atoms with Crippen LogP contribution in [0.3, 0.4) is 0 Å². The summed E-state index contributed by atoms with van der Waals surface area (Å²) in [6.07, 6.45) is -1.25. The summed E-state index contributed by atoms with van der Waals surface area (Å²) >= 11 is 1.27. The molecule has 0 radical (unpaired) electrons. The number of carbonyl (C=O) groups is 3. The van der Waals surface area contributed by atoms with E-state index in [2.05, 4.69) is 11.4 Å². The lowest BCUT2D eigenvalue weighted by Gasteiger charge is -2.34. The van der Waals surface area contributed by atoms with Crippen molar-refractivity contribution in [3.63, 3.8) is 0 Å². The highest BCUT2D eigenvalue weighted by molar-refractivity contribution is 7.14. The third-order valence-corrected chi connectivity index (χ3v) is 7.49. The average molecular weight is 458 g/mol. The Kier molecular flexibility index (Phi) is 5.37. The van der Waals surface area contributed by atoms with E-state index in [0.717, 1.165) is 20.9 Å². The van der Waals surface area contributed by atoms with E-state index in [4.69, 9.17) is 5.26 Å². The van der Waals surface area contributed by atoms with Crippen LogP contribution in [0, 0.1) is 25.2 Å². The summed E-state index contributed by atoms with van der Waals surface area (Å²) in [6, 6.07) is 8.45. The topological polar surface area (TPSA) is 90.3 Å². The van der Waals surface area contributed by atoms with Crippen LogP contribution in [0.1, 0.15) is 51.4 Å². The number of rotatable bonds is 4. The number of thiophene rings is 1. The number of halogens is 2. The van der Waals surface area contributed by atoms with Crippen molar-refractivity contribution in [3.8, 4) is 17.2 Å². The SMILES string of the molecule is Cc1sc(C(=O)CN2C(=O)NC3(CCC(F)(F)CC3)C2=O)c(C)c1-c1cccc(C#N)c1. The molecule has 0 bridgehead atoms. The molecule has 2 fully saturated rings. The summed E-state index contributed by atoms with van der Waals surface area (Å²) in [4.78, 5) is 40.6. The Morgan fingerprint density at radius 2 is 1.91 bits per heavy atom. The summed E-state index contributed by atoms with van der Waals surface area (Å²) in [5.41, 5.74) is 1.53. The van der Waals surface area contributed by atoms with Gasteiger partial charge in [-0.2, -0.15) is 5.26 Å². The molecule has 0 unspecified atom stereocenters. The molecule has 32 heavy (non-hydrogen) atoms. The number of hydrogen-bond donors (Lipinski definition) is 1. The fraction of sp³-hybridized carbons (Fsp3) is 0.391. The molecule has 1 aliphatic carbocycles. The second-order valence-electron chi connectivity index (χ2n) is 8.36. The van der Waals surface area contributed by atoms with Gasteiger partial charge in [0.05, 0.1) is 23.1 Å². The lowest BCUT2D eigenvalue weighted by molar-refractivity contribution is -0.135. The van der Waals surface area contributed by atoms with Gasteiger partial charge in [-0.1, -0.05) is 12.1 Å². The lowest BCUT2D eigenvalue weighted by Crippen LogP contribution is -2.51. The number of nitrogens with zero attached hydrogens (tertiary/aromatic N) is 2. The van der Waals surface area contributed by atoms with Gasteiger partial charge >= 0.3 is 6.03 Å². The Hall–Kier alpha value is -3.12. The van der Waals surface area contributed by atoms with Crippen LogP contribution in [0.25, 0.3) is 11.1 Å². The third-order valence-electron chi connectivity index (χ3n) is 6.24. The van der Waals surface area contributed by atoms with Crippen LogP contribution in [0.15, 0.2) is 24.3 Å². The van der Waals surface area contributed by atoms with Crippen molar-refractivity contribution in [3.05, 3.63) is 45.1 Å². The molecule has 6 nitrogen and oxygen atoms in total. The highest BCUT2D eigenvalue weighted by Gasteiger charge is 2.55. The molecule has 1 saturated heterocycles. The zero-order valence-electron chi connectivity index (χ0n) is 17.6. The first-order valence-corrected chi connectivity index (χ1v) is 11.0. The first kappa shape index (κ1) is 22.1. The van der Waals surface area contributed by atoms with Crippen LogP contribution in [0.2, 0.25) is 0 Å². The summed E-state index contributed by atoms with van der Waals surface area (Å²) in [5.74, 6) is -3.84. The summed E-state index contributed by atoms with van der Waals surface area (Å²) in [6.45, 7) is 3.22. The number of nitrogens with one attached hydrogen (secondary N) is 1. The fourth-order valence-electron chi connectivity index (χ4n) is 4.50.